The summed E-state index contributed by atoms with van der Waals surface area (Å²) in [6.45, 7) is 3.82. The van der Waals surface area contributed by atoms with Crippen LogP contribution in [0.2, 0.25) is 5.02 Å². The number of hydrogen-bond acceptors (Lipinski definition) is 2. The summed E-state index contributed by atoms with van der Waals surface area (Å²) in [7, 11) is 1.56. The van der Waals surface area contributed by atoms with Crippen LogP contribution in [0.4, 0.5) is 0 Å². The molecule has 0 radical (unpaired) electrons. The highest BCUT2D eigenvalue weighted by Gasteiger charge is 2.23. The zero-order valence-electron chi connectivity index (χ0n) is 11.1. The van der Waals surface area contributed by atoms with Crippen molar-refractivity contribution < 1.29 is 9.53 Å². The summed E-state index contributed by atoms with van der Waals surface area (Å²) in [5.74, 6) is 1.16. The molecule has 1 saturated heterocycles. The van der Waals surface area contributed by atoms with Crippen LogP contribution in [0.25, 0.3) is 0 Å². The second-order valence-electron chi connectivity index (χ2n) is 4.97. The van der Waals surface area contributed by atoms with Crippen molar-refractivity contribution in [3.8, 4) is 5.75 Å². The van der Waals surface area contributed by atoms with E-state index in [0.717, 1.165) is 19.5 Å². The van der Waals surface area contributed by atoms with Gasteiger partial charge in [-0.1, -0.05) is 18.5 Å². The van der Waals surface area contributed by atoms with E-state index in [4.69, 9.17) is 16.3 Å². The Kier molecular flexibility index (Phi) is 4.74. The Morgan fingerprint density at radius 2 is 2.26 bits per heavy atom. The van der Waals surface area contributed by atoms with E-state index in [0.29, 0.717) is 26.7 Å². The third-order valence-electron chi connectivity index (χ3n) is 3.39. The van der Waals surface area contributed by atoms with Crippen LogP contribution in [0.1, 0.15) is 30.1 Å². The number of nitrogens with zero attached hydrogens (tertiary/aromatic N) is 1. The predicted octanol–water partition coefficient (Wildman–Crippen LogP) is 3.98. The lowest BCUT2D eigenvalue weighted by Crippen LogP contribution is -2.39. The third-order valence-corrected chi connectivity index (χ3v) is 4.26. The first-order valence-electron chi connectivity index (χ1n) is 6.35. The maximum Gasteiger partial charge on any atom is 0.253 e. The average Bonchev–Trinajstić information content (AvgIpc) is 2.37. The molecular formula is C14H17BrClNO2. The second-order valence-corrected chi connectivity index (χ2v) is 6.23. The van der Waals surface area contributed by atoms with Gasteiger partial charge in [0.25, 0.3) is 5.91 Å². The molecule has 104 valence electrons. The number of likely N-dealkylation sites (tertiary alicyclic amines) is 1. The minimum atomic E-state index is 0.0387. The molecule has 1 aromatic rings. The number of ether oxygens (including phenoxy) is 1. The lowest BCUT2D eigenvalue weighted by Gasteiger charge is -2.31. The first kappa shape index (κ1) is 14.7. The molecule has 0 aliphatic carbocycles. The van der Waals surface area contributed by atoms with Gasteiger partial charge in [-0.15, -0.1) is 0 Å². The maximum absolute atomic E-state index is 12.5. The van der Waals surface area contributed by atoms with E-state index < -0.39 is 0 Å². The first-order chi connectivity index (χ1) is 9.02. The van der Waals surface area contributed by atoms with E-state index in [1.54, 1.807) is 19.2 Å². The highest BCUT2D eigenvalue weighted by atomic mass is 79.9. The molecule has 0 bridgehead atoms. The largest absolute Gasteiger partial charge is 0.494 e. The molecule has 1 amide bonds. The molecule has 19 heavy (non-hydrogen) atoms. The molecule has 5 heteroatoms. The summed E-state index contributed by atoms with van der Waals surface area (Å²) in [5, 5.41) is 0.449. The monoisotopic (exact) mass is 345 g/mol. The molecule has 0 aromatic heterocycles. The van der Waals surface area contributed by atoms with E-state index in [2.05, 4.69) is 22.9 Å². The van der Waals surface area contributed by atoms with Gasteiger partial charge in [0.1, 0.15) is 0 Å². The smallest absolute Gasteiger partial charge is 0.253 e. The van der Waals surface area contributed by atoms with Crippen molar-refractivity contribution in [3.63, 3.8) is 0 Å². The molecule has 1 atom stereocenters. The molecule has 2 rings (SSSR count). The first-order valence-corrected chi connectivity index (χ1v) is 7.52. The molecule has 0 saturated carbocycles. The van der Waals surface area contributed by atoms with Crippen molar-refractivity contribution in [1.29, 1.82) is 0 Å². The highest BCUT2D eigenvalue weighted by molar-refractivity contribution is 9.10. The quantitative estimate of drug-likeness (QED) is 0.810. The van der Waals surface area contributed by atoms with Crippen molar-refractivity contribution >= 4 is 33.4 Å². The number of piperidine rings is 1. The van der Waals surface area contributed by atoms with Crippen LogP contribution in [-0.2, 0) is 0 Å². The van der Waals surface area contributed by atoms with Crippen molar-refractivity contribution in [1.82, 2.24) is 4.90 Å². The van der Waals surface area contributed by atoms with Crippen molar-refractivity contribution in [3.05, 3.63) is 27.2 Å². The average molecular weight is 347 g/mol. The van der Waals surface area contributed by atoms with Crippen LogP contribution < -0.4 is 4.74 Å². The molecule has 1 aromatic carbocycles. The van der Waals surface area contributed by atoms with Crippen LogP contribution in [0.3, 0.4) is 0 Å². The van der Waals surface area contributed by atoms with Gasteiger partial charge in [-0.05, 0) is 46.8 Å². The summed E-state index contributed by atoms with van der Waals surface area (Å²) in [5.41, 5.74) is 0.603. The van der Waals surface area contributed by atoms with Gasteiger partial charge in [0, 0.05) is 18.7 Å². The summed E-state index contributed by atoms with van der Waals surface area (Å²) in [6.07, 6.45) is 2.26. The Hall–Kier alpha value is -0.740. The fourth-order valence-electron chi connectivity index (χ4n) is 2.43. The lowest BCUT2D eigenvalue weighted by atomic mass is 9.99. The summed E-state index contributed by atoms with van der Waals surface area (Å²) in [4.78, 5) is 14.4. The van der Waals surface area contributed by atoms with Crippen LogP contribution in [0.5, 0.6) is 5.75 Å². The molecular weight excluding hydrogens is 330 g/mol. The van der Waals surface area contributed by atoms with Gasteiger partial charge in [0.05, 0.1) is 16.6 Å². The van der Waals surface area contributed by atoms with E-state index in [1.807, 2.05) is 4.90 Å². The Morgan fingerprint density at radius 3 is 2.84 bits per heavy atom. The standard InChI is InChI=1S/C14H17BrClNO2/c1-9-4-3-5-17(8-9)14(18)10-6-11(15)13(19-2)12(16)7-10/h6-7,9H,3-5,8H2,1-2H3. The Labute approximate surface area is 127 Å². The molecule has 0 spiro atoms. The topological polar surface area (TPSA) is 29.5 Å². The fraction of sp³-hybridized carbons (Fsp3) is 0.500. The number of rotatable bonds is 2. The molecule has 3 nitrogen and oxygen atoms in total. The summed E-state index contributed by atoms with van der Waals surface area (Å²) >= 11 is 9.50. The normalized spacial score (nSPS) is 19.4. The van der Waals surface area contributed by atoms with Gasteiger partial charge >= 0.3 is 0 Å². The Balaban J connectivity index is 2.24. The highest BCUT2D eigenvalue weighted by Crippen LogP contribution is 2.34. The van der Waals surface area contributed by atoms with Gasteiger partial charge < -0.3 is 9.64 Å². The zero-order valence-corrected chi connectivity index (χ0v) is 13.4. The van der Waals surface area contributed by atoms with E-state index in [1.165, 1.54) is 6.42 Å². The van der Waals surface area contributed by atoms with Gasteiger partial charge in [0.2, 0.25) is 0 Å². The van der Waals surface area contributed by atoms with Crippen LogP contribution in [0.15, 0.2) is 16.6 Å². The molecule has 1 heterocycles. The number of carbonyl (C=O) groups excluding carboxylic acids is 1. The summed E-state index contributed by atoms with van der Waals surface area (Å²) < 4.78 is 5.87. The fourth-order valence-corrected chi connectivity index (χ4v) is 3.47. The number of carbonyl (C=O) groups is 1. The molecule has 1 fully saturated rings. The number of benzene rings is 1. The Morgan fingerprint density at radius 1 is 1.53 bits per heavy atom. The van der Waals surface area contributed by atoms with Crippen LogP contribution in [-0.4, -0.2) is 31.0 Å². The second kappa shape index (κ2) is 6.14. The van der Waals surface area contributed by atoms with Crippen molar-refractivity contribution in [2.24, 2.45) is 5.92 Å². The minimum absolute atomic E-state index is 0.0387. The van der Waals surface area contributed by atoms with Crippen molar-refractivity contribution in [2.75, 3.05) is 20.2 Å². The van der Waals surface area contributed by atoms with Gasteiger partial charge in [0.15, 0.2) is 5.75 Å². The lowest BCUT2D eigenvalue weighted by molar-refractivity contribution is 0.0683. The minimum Gasteiger partial charge on any atom is -0.494 e. The number of methoxy groups -OCH3 is 1. The summed E-state index contributed by atoms with van der Waals surface area (Å²) in [6, 6.07) is 3.44. The van der Waals surface area contributed by atoms with Crippen LogP contribution in [0, 0.1) is 5.92 Å². The van der Waals surface area contributed by atoms with E-state index in [-0.39, 0.29) is 5.91 Å². The SMILES string of the molecule is COc1c(Cl)cc(C(=O)N2CCCC(C)C2)cc1Br. The molecule has 1 aliphatic heterocycles. The molecule has 0 N–H and O–H groups in total. The van der Waals surface area contributed by atoms with Gasteiger partial charge in [-0.25, -0.2) is 0 Å². The maximum atomic E-state index is 12.5. The van der Waals surface area contributed by atoms with E-state index >= 15 is 0 Å². The van der Waals surface area contributed by atoms with Crippen LogP contribution >= 0.6 is 27.5 Å². The predicted molar refractivity (Wildman–Crippen MR) is 80.0 cm³/mol. The third kappa shape index (κ3) is 3.23. The van der Waals surface area contributed by atoms with Crippen molar-refractivity contribution in [2.45, 2.75) is 19.8 Å². The van der Waals surface area contributed by atoms with Gasteiger partial charge in [-0.3, -0.25) is 4.79 Å². The van der Waals surface area contributed by atoms with Gasteiger partial charge in [-0.2, -0.15) is 0 Å². The number of halogens is 2. The Bertz CT molecular complexity index is 469. The molecule has 1 unspecified atom stereocenters. The van der Waals surface area contributed by atoms with E-state index in [9.17, 15) is 4.79 Å². The zero-order chi connectivity index (χ0) is 14.0. The number of amides is 1. The number of hydrogen-bond donors (Lipinski definition) is 0. The molecule has 1 aliphatic rings.